The molecule has 4 N–H and O–H groups in total. The summed E-state index contributed by atoms with van der Waals surface area (Å²) in [5.41, 5.74) is 8.49. The van der Waals surface area contributed by atoms with E-state index in [1.54, 1.807) is 24.3 Å². The van der Waals surface area contributed by atoms with Gasteiger partial charge in [0, 0.05) is 10.7 Å². The molecule has 2 aromatic rings. The number of primary amides is 1. The van der Waals surface area contributed by atoms with Gasteiger partial charge in [0.1, 0.15) is 0 Å². The van der Waals surface area contributed by atoms with Gasteiger partial charge in [-0.2, -0.15) is 0 Å². The number of amides is 3. The SMILES string of the molecule is CCc1cccc(C)c1NC(=O)COC(=O)C[C@H](NC(N)=O)c1ccc(Cl)cc1. The van der Waals surface area contributed by atoms with Gasteiger partial charge in [0.2, 0.25) is 0 Å². The summed E-state index contributed by atoms with van der Waals surface area (Å²) in [5.74, 6) is -1.08. The van der Waals surface area contributed by atoms with Crippen molar-refractivity contribution in [1.82, 2.24) is 5.32 Å². The Morgan fingerprint density at radius 1 is 1.14 bits per heavy atom. The summed E-state index contributed by atoms with van der Waals surface area (Å²) >= 11 is 5.86. The smallest absolute Gasteiger partial charge is 0.312 e. The van der Waals surface area contributed by atoms with Gasteiger partial charge >= 0.3 is 12.0 Å². The van der Waals surface area contributed by atoms with Gasteiger partial charge in [-0.25, -0.2) is 4.79 Å². The third kappa shape index (κ3) is 6.80. The van der Waals surface area contributed by atoms with Crippen LogP contribution in [0.25, 0.3) is 0 Å². The highest BCUT2D eigenvalue weighted by Gasteiger charge is 2.19. The van der Waals surface area contributed by atoms with Gasteiger partial charge in [-0.1, -0.05) is 48.9 Å². The van der Waals surface area contributed by atoms with E-state index in [0.717, 1.165) is 23.2 Å². The molecule has 1 atom stereocenters. The second kappa shape index (κ2) is 10.5. The van der Waals surface area contributed by atoms with Crippen LogP contribution in [0.5, 0.6) is 0 Å². The molecule has 2 rings (SSSR count). The van der Waals surface area contributed by atoms with E-state index in [4.69, 9.17) is 22.1 Å². The van der Waals surface area contributed by atoms with Gasteiger partial charge in [-0.05, 0) is 42.2 Å². The van der Waals surface area contributed by atoms with Gasteiger partial charge in [0.15, 0.2) is 6.61 Å². The first kappa shape index (κ1) is 22.2. The van der Waals surface area contributed by atoms with Crippen LogP contribution in [0, 0.1) is 6.92 Å². The van der Waals surface area contributed by atoms with Gasteiger partial charge in [0.25, 0.3) is 5.91 Å². The number of aryl methyl sites for hydroxylation is 2. The Kier molecular flexibility index (Phi) is 8.03. The molecule has 0 aliphatic rings. The van der Waals surface area contributed by atoms with Crippen LogP contribution in [0.3, 0.4) is 0 Å². The van der Waals surface area contributed by atoms with E-state index in [1.165, 1.54) is 0 Å². The molecule has 0 radical (unpaired) electrons. The largest absolute Gasteiger partial charge is 0.455 e. The lowest BCUT2D eigenvalue weighted by molar-refractivity contribution is -0.147. The molecular weight excluding hydrogens is 394 g/mol. The number of nitrogens with two attached hydrogens (primary N) is 1. The first-order chi connectivity index (χ1) is 13.8. The Balaban J connectivity index is 1.95. The molecule has 8 heteroatoms. The number of rotatable bonds is 8. The van der Waals surface area contributed by atoms with E-state index in [0.29, 0.717) is 10.6 Å². The fourth-order valence-corrected chi connectivity index (χ4v) is 2.99. The molecule has 0 aliphatic carbocycles. The summed E-state index contributed by atoms with van der Waals surface area (Å²) in [7, 11) is 0. The van der Waals surface area contributed by atoms with Crippen molar-refractivity contribution >= 4 is 35.2 Å². The second-order valence-electron chi connectivity index (χ2n) is 6.49. The standard InChI is InChI=1S/C21H24ClN3O4/c1-3-14-6-4-5-13(2)20(14)25-18(26)12-29-19(27)11-17(24-21(23)28)15-7-9-16(22)10-8-15/h4-10,17H,3,11-12H2,1-2H3,(H,25,26)(H3,23,24,28)/t17-/m0/s1. The maximum atomic E-state index is 12.2. The number of hydrogen-bond acceptors (Lipinski definition) is 4. The maximum absolute atomic E-state index is 12.2. The zero-order valence-electron chi connectivity index (χ0n) is 16.3. The third-order valence-electron chi connectivity index (χ3n) is 4.33. The van der Waals surface area contributed by atoms with E-state index in [2.05, 4.69) is 10.6 Å². The fourth-order valence-electron chi connectivity index (χ4n) is 2.87. The van der Waals surface area contributed by atoms with Crippen molar-refractivity contribution < 1.29 is 19.1 Å². The number of ether oxygens (including phenoxy) is 1. The number of hydrogen-bond donors (Lipinski definition) is 3. The number of urea groups is 1. The molecule has 0 bridgehead atoms. The Hall–Kier alpha value is -3.06. The Labute approximate surface area is 174 Å². The van der Waals surface area contributed by atoms with Crippen molar-refractivity contribution in [2.75, 3.05) is 11.9 Å². The molecule has 0 saturated carbocycles. The molecule has 0 heterocycles. The highest BCUT2D eigenvalue weighted by Crippen LogP contribution is 2.22. The molecule has 0 unspecified atom stereocenters. The molecule has 2 aromatic carbocycles. The molecule has 0 fully saturated rings. The lowest BCUT2D eigenvalue weighted by atomic mass is 10.0. The number of carbonyl (C=O) groups excluding carboxylic acids is 3. The Bertz CT molecular complexity index is 884. The van der Waals surface area contributed by atoms with Crippen LogP contribution < -0.4 is 16.4 Å². The summed E-state index contributed by atoms with van der Waals surface area (Å²) in [6.07, 6.45) is 0.584. The van der Waals surface area contributed by atoms with E-state index in [1.807, 2.05) is 32.0 Å². The highest BCUT2D eigenvalue weighted by molar-refractivity contribution is 6.30. The van der Waals surface area contributed by atoms with Crippen LogP contribution in [-0.2, 0) is 20.7 Å². The first-order valence-electron chi connectivity index (χ1n) is 9.15. The van der Waals surface area contributed by atoms with E-state index < -0.39 is 30.6 Å². The van der Waals surface area contributed by atoms with Crippen LogP contribution >= 0.6 is 11.6 Å². The van der Waals surface area contributed by atoms with Crippen molar-refractivity contribution in [2.24, 2.45) is 5.73 Å². The average Bonchev–Trinajstić information content (AvgIpc) is 2.67. The molecule has 0 aliphatic heterocycles. The minimum atomic E-state index is -0.776. The van der Waals surface area contributed by atoms with E-state index in [-0.39, 0.29) is 6.42 Å². The van der Waals surface area contributed by atoms with Crippen LogP contribution in [0.4, 0.5) is 10.5 Å². The lowest BCUT2D eigenvalue weighted by Crippen LogP contribution is -2.35. The number of halogens is 1. The number of esters is 1. The van der Waals surface area contributed by atoms with E-state index >= 15 is 0 Å². The summed E-state index contributed by atoms with van der Waals surface area (Å²) in [4.78, 5) is 35.7. The Morgan fingerprint density at radius 2 is 1.83 bits per heavy atom. The number of carbonyl (C=O) groups is 3. The van der Waals surface area contributed by atoms with Crippen molar-refractivity contribution in [3.63, 3.8) is 0 Å². The quantitative estimate of drug-likeness (QED) is 0.571. The molecule has 3 amide bonds. The zero-order valence-corrected chi connectivity index (χ0v) is 17.1. The highest BCUT2D eigenvalue weighted by atomic mass is 35.5. The van der Waals surface area contributed by atoms with Gasteiger partial charge in [-0.15, -0.1) is 0 Å². The second-order valence-corrected chi connectivity index (χ2v) is 6.92. The molecule has 7 nitrogen and oxygen atoms in total. The van der Waals surface area contributed by atoms with Crippen molar-refractivity contribution in [3.8, 4) is 0 Å². The van der Waals surface area contributed by atoms with Crippen LogP contribution in [-0.4, -0.2) is 24.5 Å². The molecule has 0 aromatic heterocycles. The summed E-state index contributed by atoms with van der Waals surface area (Å²) in [6.45, 7) is 3.46. The maximum Gasteiger partial charge on any atom is 0.312 e. The number of nitrogens with one attached hydrogen (secondary N) is 2. The summed E-state index contributed by atoms with van der Waals surface area (Å²) in [5, 5.41) is 5.80. The van der Waals surface area contributed by atoms with Crippen molar-refractivity contribution in [2.45, 2.75) is 32.7 Å². The zero-order chi connectivity index (χ0) is 21.4. The minimum absolute atomic E-state index is 0.178. The normalized spacial score (nSPS) is 11.4. The van der Waals surface area contributed by atoms with Crippen LogP contribution in [0.15, 0.2) is 42.5 Å². The lowest BCUT2D eigenvalue weighted by Gasteiger charge is -2.17. The molecule has 0 spiro atoms. The predicted molar refractivity (Wildman–Crippen MR) is 112 cm³/mol. The molecular formula is C21H24ClN3O4. The fraction of sp³-hybridized carbons (Fsp3) is 0.286. The summed E-state index contributed by atoms with van der Waals surface area (Å²) < 4.78 is 5.08. The summed E-state index contributed by atoms with van der Waals surface area (Å²) in [6, 6.07) is 10.9. The molecule has 154 valence electrons. The average molecular weight is 418 g/mol. The molecule has 0 saturated heterocycles. The van der Waals surface area contributed by atoms with Gasteiger partial charge in [-0.3, -0.25) is 9.59 Å². The van der Waals surface area contributed by atoms with Crippen LogP contribution in [0.1, 0.15) is 36.1 Å². The number of anilines is 1. The van der Waals surface area contributed by atoms with E-state index in [9.17, 15) is 14.4 Å². The minimum Gasteiger partial charge on any atom is -0.455 e. The first-order valence-corrected chi connectivity index (χ1v) is 9.53. The predicted octanol–water partition coefficient (Wildman–Crippen LogP) is 3.49. The third-order valence-corrected chi connectivity index (χ3v) is 4.58. The van der Waals surface area contributed by atoms with Gasteiger partial charge in [0.05, 0.1) is 12.5 Å². The Morgan fingerprint density at radius 3 is 2.45 bits per heavy atom. The van der Waals surface area contributed by atoms with Crippen molar-refractivity contribution in [1.29, 1.82) is 0 Å². The van der Waals surface area contributed by atoms with Crippen molar-refractivity contribution in [3.05, 3.63) is 64.2 Å². The molecule has 29 heavy (non-hydrogen) atoms. The topological polar surface area (TPSA) is 111 Å². The van der Waals surface area contributed by atoms with Crippen LogP contribution in [0.2, 0.25) is 5.02 Å². The number of para-hydroxylation sites is 1. The van der Waals surface area contributed by atoms with Gasteiger partial charge < -0.3 is 21.1 Å². The monoisotopic (exact) mass is 417 g/mol. The number of benzene rings is 2.